The smallest absolute Gasteiger partial charge is 0.250 e. The van der Waals surface area contributed by atoms with Crippen molar-refractivity contribution in [2.45, 2.75) is 11.4 Å². The second-order valence-electron chi connectivity index (χ2n) is 3.89. The summed E-state index contributed by atoms with van der Waals surface area (Å²) in [5.41, 5.74) is 5.25. The van der Waals surface area contributed by atoms with Crippen LogP contribution in [-0.2, 0) is 6.54 Å². The molecule has 0 saturated carbocycles. The molecule has 0 atom stereocenters. The van der Waals surface area contributed by atoms with Crippen LogP contribution in [0, 0.1) is 11.6 Å². The molecule has 1 aromatic heterocycles. The second kappa shape index (κ2) is 5.88. The minimum Gasteiger partial charge on any atom is -0.399 e. The first-order valence-electron chi connectivity index (χ1n) is 5.60. The van der Waals surface area contributed by atoms with Crippen LogP contribution in [0.4, 0.5) is 14.5 Å². The van der Waals surface area contributed by atoms with Crippen molar-refractivity contribution < 1.29 is 8.78 Å². The molecule has 0 bridgehead atoms. The van der Waals surface area contributed by atoms with Crippen molar-refractivity contribution in [3.8, 4) is 0 Å². The SMILES string of the molecule is Nc1cc(F)c(SCCn2ccccc2=O)c(F)c1. The Balaban J connectivity index is 2.04. The first kappa shape index (κ1) is 13.6. The number of nitrogens with zero attached hydrogens (tertiary/aromatic N) is 1. The Kier molecular flexibility index (Phi) is 4.21. The lowest BCUT2D eigenvalue weighted by molar-refractivity contribution is 0.541. The Labute approximate surface area is 113 Å². The van der Waals surface area contributed by atoms with E-state index in [1.54, 1.807) is 18.3 Å². The van der Waals surface area contributed by atoms with E-state index in [0.717, 1.165) is 23.9 Å². The number of hydrogen-bond acceptors (Lipinski definition) is 3. The number of anilines is 1. The van der Waals surface area contributed by atoms with Crippen molar-refractivity contribution in [2.75, 3.05) is 11.5 Å². The van der Waals surface area contributed by atoms with Crippen LogP contribution in [0.2, 0.25) is 0 Å². The van der Waals surface area contributed by atoms with Crippen molar-refractivity contribution in [3.05, 3.63) is 58.5 Å². The van der Waals surface area contributed by atoms with Crippen LogP contribution in [0.15, 0.2) is 46.2 Å². The van der Waals surface area contributed by atoms with E-state index in [1.807, 2.05) is 0 Å². The van der Waals surface area contributed by atoms with Crippen molar-refractivity contribution in [1.82, 2.24) is 4.57 Å². The summed E-state index contributed by atoms with van der Waals surface area (Å²) in [6, 6.07) is 6.98. The topological polar surface area (TPSA) is 48.0 Å². The number of nitrogen functional groups attached to an aromatic ring is 1. The molecular weight excluding hydrogens is 270 g/mol. The summed E-state index contributed by atoms with van der Waals surface area (Å²) in [7, 11) is 0. The fraction of sp³-hybridized carbons (Fsp3) is 0.154. The molecule has 0 aliphatic heterocycles. The second-order valence-corrected chi connectivity index (χ2v) is 5.00. The fourth-order valence-electron chi connectivity index (χ4n) is 1.61. The third-order valence-corrected chi connectivity index (χ3v) is 3.56. The monoisotopic (exact) mass is 282 g/mol. The highest BCUT2D eigenvalue weighted by Crippen LogP contribution is 2.27. The summed E-state index contributed by atoms with van der Waals surface area (Å²) in [5, 5.41) is 0. The Hall–Kier alpha value is -1.82. The van der Waals surface area contributed by atoms with Crippen LogP contribution in [0.3, 0.4) is 0 Å². The molecule has 0 fully saturated rings. The van der Waals surface area contributed by atoms with Gasteiger partial charge in [-0.3, -0.25) is 4.79 Å². The van der Waals surface area contributed by atoms with Gasteiger partial charge in [-0.1, -0.05) is 6.07 Å². The third-order valence-electron chi connectivity index (χ3n) is 2.50. The number of halogens is 2. The normalized spacial score (nSPS) is 10.6. The Morgan fingerprint density at radius 3 is 2.53 bits per heavy atom. The molecule has 6 heteroatoms. The molecule has 0 amide bonds. The lowest BCUT2D eigenvalue weighted by Crippen LogP contribution is -2.18. The lowest BCUT2D eigenvalue weighted by Gasteiger charge is -2.07. The van der Waals surface area contributed by atoms with Crippen LogP contribution in [0.1, 0.15) is 0 Å². The Morgan fingerprint density at radius 1 is 1.21 bits per heavy atom. The minimum atomic E-state index is -0.678. The number of benzene rings is 1. The summed E-state index contributed by atoms with van der Waals surface area (Å²) in [4.78, 5) is 11.4. The Morgan fingerprint density at radius 2 is 1.89 bits per heavy atom. The van der Waals surface area contributed by atoms with E-state index < -0.39 is 11.6 Å². The van der Waals surface area contributed by atoms with E-state index >= 15 is 0 Å². The van der Waals surface area contributed by atoms with Gasteiger partial charge in [0.15, 0.2) is 0 Å². The first-order chi connectivity index (χ1) is 9.08. The van der Waals surface area contributed by atoms with Crippen molar-refractivity contribution >= 4 is 17.4 Å². The summed E-state index contributed by atoms with van der Waals surface area (Å²) >= 11 is 1.02. The molecule has 0 unspecified atom stereocenters. The number of nitrogens with two attached hydrogens (primary N) is 1. The van der Waals surface area contributed by atoms with Crippen LogP contribution >= 0.6 is 11.8 Å². The summed E-state index contributed by atoms with van der Waals surface area (Å²) in [6.45, 7) is 0.383. The summed E-state index contributed by atoms with van der Waals surface area (Å²) < 4.78 is 28.5. The van der Waals surface area contributed by atoms with Crippen LogP contribution in [0.5, 0.6) is 0 Å². The molecule has 1 heterocycles. The maximum atomic E-state index is 13.5. The molecule has 2 N–H and O–H groups in total. The third kappa shape index (κ3) is 3.35. The molecule has 0 spiro atoms. The van der Waals surface area contributed by atoms with Gasteiger partial charge in [0.2, 0.25) is 0 Å². The standard InChI is InChI=1S/C13H12F2N2OS/c14-10-7-9(16)8-11(15)13(10)19-6-5-17-4-2-1-3-12(17)18/h1-4,7-8H,5-6,16H2. The predicted octanol–water partition coefficient (Wildman–Crippen LogP) is 2.50. The van der Waals surface area contributed by atoms with Gasteiger partial charge in [-0.25, -0.2) is 8.78 Å². The number of thioether (sulfide) groups is 1. The molecule has 0 saturated heterocycles. The van der Waals surface area contributed by atoms with E-state index in [4.69, 9.17) is 5.73 Å². The highest BCUT2D eigenvalue weighted by Gasteiger charge is 2.10. The molecule has 2 aromatic rings. The molecular formula is C13H12F2N2OS. The average molecular weight is 282 g/mol. The van der Waals surface area contributed by atoms with Gasteiger partial charge in [-0.05, 0) is 18.2 Å². The maximum absolute atomic E-state index is 13.5. The molecule has 100 valence electrons. The van der Waals surface area contributed by atoms with Gasteiger partial charge in [-0.2, -0.15) is 0 Å². The zero-order valence-electron chi connectivity index (χ0n) is 9.98. The van der Waals surface area contributed by atoms with Gasteiger partial charge < -0.3 is 10.3 Å². The van der Waals surface area contributed by atoms with Gasteiger partial charge in [0.05, 0.1) is 4.90 Å². The van der Waals surface area contributed by atoms with Crippen molar-refractivity contribution in [2.24, 2.45) is 0 Å². The van der Waals surface area contributed by atoms with Gasteiger partial charge in [0, 0.05) is 30.2 Å². The van der Waals surface area contributed by atoms with Crippen LogP contribution < -0.4 is 11.3 Å². The maximum Gasteiger partial charge on any atom is 0.250 e. The van der Waals surface area contributed by atoms with E-state index in [0.29, 0.717) is 12.3 Å². The molecule has 0 radical (unpaired) electrons. The van der Waals surface area contributed by atoms with Crippen LogP contribution in [-0.4, -0.2) is 10.3 Å². The molecule has 19 heavy (non-hydrogen) atoms. The van der Waals surface area contributed by atoms with Gasteiger partial charge in [0.25, 0.3) is 5.56 Å². The number of pyridine rings is 1. The van der Waals surface area contributed by atoms with E-state index in [1.165, 1.54) is 10.6 Å². The molecule has 0 aliphatic carbocycles. The van der Waals surface area contributed by atoms with Crippen molar-refractivity contribution in [3.63, 3.8) is 0 Å². The summed E-state index contributed by atoms with van der Waals surface area (Å²) in [6.07, 6.45) is 1.64. The van der Waals surface area contributed by atoms with E-state index in [-0.39, 0.29) is 16.1 Å². The van der Waals surface area contributed by atoms with Gasteiger partial charge in [0.1, 0.15) is 11.6 Å². The quantitative estimate of drug-likeness (QED) is 0.692. The largest absolute Gasteiger partial charge is 0.399 e. The molecule has 3 nitrogen and oxygen atoms in total. The number of hydrogen-bond donors (Lipinski definition) is 1. The van der Waals surface area contributed by atoms with Crippen LogP contribution in [0.25, 0.3) is 0 Å². The molecule has 0 aliphatic rings. The Bertz CT molecular complexity index is 620. The average Bonchev–Trinajstić information content (AvgIpc) is 2.34. The zero-order chi connectivity index (χ0) is 13.8. The van der Waals surface area contributed by atoms with Gasteiger partial charge in [-0.15, -0.1) is 11.8 Å². The number of aryl methyl sites for hydroxylation is 1. The fourth-order valence-corrected chi connectivity index (χ4v) is 2.49. The number of rotatable bonds is 4. The predicted molar refractivity (Wildman–Crippen MR) is 72.2 cm³/mol. The highest BCUT2D eigenvalue weighted by atomic mass is 32.2. The van der Waals surface area contributed by atoms with Crippen molar-refractivity contribution in [1.29, 1.82) is 0 Å². The zero-order valence-corrected chi connectivity index (χ0v) is 10.8. The van der Waals surface area contributed by atoms with Gasteiger partial charge >= 0.3 is 0 Å². The van der Waals surface area contributed by atoms with E-state index in [9.17, 15) is 13.6 Å². The highest BCUT2D eigenvalue weighted by molar-refractivity contribution is 7.99. The summed E-state index contributed by atoms with van der Waals surface area (Å²) in [5.74, 6) is -0.965. The number of aromatic nitrogens is 1. The molecule has 1 aromatic carbocycles. The molecule has 2 rings (SSSR count). The lowest BCUT2D eigenvalue weighted by atomic mass is 10.3. The van der Waals surface area contributed by atoms with E-state index in [2.05, 4.69) is 0 Å². The minimum absolute atomic E-state index is 0.0543. The first-order valence-corrected chi connectivity index (χ1v) is 6.59.